The summed E-state index contributed by atoms with van der Waals surface area (Å²) in [4.78, 5) is 4.40. The number of fused-ring (bicyclic) bond motifs is 1. The Morgan fingerprint density at radius 3 is 3.05 bits per heavy atom. The summed E-state index contributed by atoms with van der Waals surface area (Å²) in [6, 6.07) is 8.22. The topological polar surface area (TPSA) is 47.7 Å². The van der Waals surface area contributed by atoms with Gasteiger partial charge in [-0.05, 0) is 25.1 Å². The van der Waals surface area contributed by atoms with E-state index in [2.05, 4.69) is 38.7 Å². The van der Waals surface area contributed by atoms with Crippen LogP contribution in [0.25, 0.3) is 17.2 Å². The zero-order chi connectivity index (χ0) is 14.5. The molecule has 0 saturated carbocycles. The summed E-state index contributed by atoms with van der Waals surface area (Å²) in [6.45, 7) is 6.45. The molecule has 5 nitrogen and oxygen atoms in total. The lowest BCUT2D eigenvalue weighted by Gasteiger charge is -2.05. The fourth-order valence-corrected chi connectivity index (χ4v) is 2.36. The maximum Gasteiger partial charge on any atom is 0.0958 e. The van der Waals surface area contributed by atoms with Crippen LogP contribution in [0.1, 0.15) is 12.0 Å². The van der Waals surface area contributed by atoms with E-state index in [9.17, 15) is 0 Å². The van der Waals surface area contributed by atoms with Crippen molar-refractivity contribution in [3.63, 3.8) is 0 Å². The fraction of sp³-hybridized carbons (Fsp3) is 0.250. The molecule has 3 rings (SSSR count). The second-order valence-electron chi connectivity index (χ2n) is 4.97. The van der Waals surface area contributed by atoms with Crippen LogP contribution in [0.5, 0.6) is 0 Å². The first kappa shape index (κ1) is 13.6. The summed E-state index contributed by atoms with van der Waals surface area (Å²) in [7, 11) is 0. The molecule has 0 aliphatic heterocycles. The van der Waals surface area contributed by atoms with Gasteiger partial charge in [0.05, 0.1) is 23.6 Å². The van der Waals surface area contributed by atoms with Crippen molar-refractivity contribution in [1.82, 2.24) is 24.6 Å². The highest BCUT2D eigenvalue weighted by atomic mass is 15.2. The second-order valence-corrected chi connectivity index (χ2v) is 4.97. The van der Waals surface area contributed by atoms with Crippen molar-refractivity contribution in [1.29, 1.82) is 0 Å². The first-order valence-electron chi connectivity index (χ1n) is 7.13. The van der Waals surface area contributed by atoms with Gasteiger partial charge in [0.2, 0.25) is 0 Å². The summed E-state index contributed by atoms with van der Waals surface area (Å²) in [6.07, 6.45) is 8.50. The molecule has 0 atom stereocenters. The number of aryl methyl sites for hydroxylation is 1. The molecule has 1 aromatic carbocycles. The molecule has 3 aromatic rings. The third-order valence-electron chi connectivity index (χ3n) is 3.45. The van der Waals surface area contributed by atoms with E-state index in [-0.39, 0.29) is 0 Å². The Hall–Kier alpha value is -2.40. The molecule has 1 N–H and O–H groups in total. The average molecular weight is 281 g/mol. The van der Waals surface area contributed by atoms with Crippen molar-refractivity contribution in [3.8, 4) is 0 Å². The standard InChI is InChI=1S/C16H19N5/c1-2-21-12-14(11-19-21)10-17-8-5-9-20-13-18-15-6-3-4-7-16(15)20/h2-4,6-7,11-13,17H,1,5,8-10H2. The number of hydrogen-bond donors (Lipinski definition) is 1. The molecule has 0 unspecified atom stereocenters. The highest BCUT2D eigenvalue weighted by Crippen LogP contribution is 2.11. The van der Waals surface area contributed by atoms with Crippen LogP contribution in [0.3, 0.4) is 0 Å². The minimum Gasteiger partial charge on any atom is -0.331 e. The quantitative estimate of drug-likeness (QED) is 0.677. The van der Waals surface area contributed by atoms with Crippen LogP contribution in [0.15, 0.2) is 49.6 Å². The van der Waals surface area contributed by atoms with Crippen molar-refractivity contribution in [3.05, 3.63) is 55.1 Å². The summed E-state index contributed by atoms with van der Waals surface area (Å²) in [5.74, 6) is 0. The molecule has 0 saturated heterocycles. The molecule has 5 heteroatoms. The average Bonchev–Trinajstić information content (AvgIpc) is 3.14. The number of nitrogens with zero attached hydrogens (tertiary/aromatic N) is 4. The van der Waals surface area contributed by atoms with Gasteiger partial charge in [0, 0.05) is 31.0 Å². The monoisotopic (exact) mass is 281 g/mol. The largest absolute Gasteiger partial charge is 0.331 e. The van der Waals surface area contributed by atoms with Crippen molar-refractivity contribution < 1.29 is 0 Å². The predicted molar refractivity (Wildman–Crippen MR) is 84.7 cm³/mol. The molecule has 108 valence electrons. The van der Waals surface area contributed by atoms with Crippen LogP contribution in [-0.4, -0.2) is 25.9 Å². The van der Waals surface area contributed by atoms with Gasteiger partial charge < -0.3 is 9.88 Å². The van der Waals surface area contributed by atoms with Crippen LogP contribution in [0, 0.1) is 0 Å². The Labute approximate surface area is 123 Å². The summed E-state index contributed by atoms with van der Waals surface area (Å²) in [5.41, 5.74) is 3.43. The number of rotatable bonds is 7. The van der Waals surface area contributed by atoms with E-state index in [1.54, 1.807) is 10.9 Å². The molecular weight excluding hydrogens is 262 g/mol. The Morgan fingerprint density at radius 1 is 1.29 bits per heavy atom. The SMILES string of the molecule is C=Cn1cc(CNCCCn2cnc3ccccc32)cn1. The molecule has 0 spiro atoms. The third kappa shape index (κ3) is 3.20. The summed E-state index contributed by atoms with van der Waals surface area (Å²) in [5, 5.41) is 7.58. The van der Waals surface area contributed by atoms with Crippen molar-refractivity contribution in [2.24, 2.45) is 0 Å². The van der Waals surface area contributed by atoms with E-state index in [1.807, 2.05) is 30.9 Å². The number of aromatic nitrogens is 4. The van der Waals surface area contributed by atoms with Crippen LogP contribution in [0.4, 0.5) is 0 Å². The number of benzene rings is 1. The van der Waals surface area contributed by atoms with Crippen molar-refractivity contribution >= 4 is 17.2 Å². The first-order chi connectivity index (χ1) is 10.4. The van der Waals surface area contributed by atoms with E-state index in [4.69, 9.17) is 0 Å². The smallest absolute Gasteiger partial charge is 0.0958 e. The van der Waals surface area contributed by atoms with Gasteiger partial charge in [0.25, 0.3) is 0 Å². The van der Waals surface area contributed by atoms with Crippen LogP contribution in [-0.2, 0) is 13.1 Å². The van der Waals surface area contributed by atoms with E-state index in [0.29, 0.717) is 0 Å². The Balaban J connectivity index is 1.45. The maximum atomic E-state index is 4.40. The molecule has 0 fully saturated rings. The van der Waals surface area contributed by atoms with Crippen LogP contribution >= 0.6 is 0 Å². The van der Waals surface area contributed by atoms with Gasteiger partial charge in [0.1, 0.15) is 0 Å². The zero-order valence-electron chi connectivity index (χ0n) is 11.9. The van der Waals surface area contributed by atoms with Gasteiger partial charge in [-0.1, -0.05) is 18.7 Å². The minimum absolute atomic E-state index is 0.832. The van der Waals surface area contributed by atoms with E-state index < -0.39 is 0 Å². The van der Waals surface area contributed by atoms with Gasteiger partial charge in [-0.25, -0.2) is 9.67 Å². The summed E-state index contributed by atoms with van der Waals surface area (Å²) >= 11 is 0. The van der Waals surface area contributed by atoms with Crippen molar-refractivity contribution in [2.75, 3.05) is 6.54 Å². The lowest BCUT2D eigenvalue weighted by molar-refractivity contribution is 0.588. The first-order valence-corrected chi connectivity index (χ1v) is 7.13. The van der Waals surface area contributed by atoms with Gasteiger partial charge >= 0.3 is 0 Å². The third-order valence-corrected chi connectivity index (χ3v) is 3.45. The zero-order valence-corrected chi connectivity index (χ0v) is 11.9. The number of hydrogen-bond acceptors (Lipinski definition) is 3. The minimum atomic E-state index is 0.832. The number of nitrogens with one attached hydrogen (secondary N) is 1. The molecule has 0 aliphatic carbocycles. The van der Waals surface area contributed by atoms with E-state index >= 15 is 0 Å². The molecule has 0 aliphatic rings. The van der Waals surface area contributed by atoms with Crippen LogP contribution < -0.4 is 5.32 Å². The Kier molecular flexibility index (Phi) is 4.12. The normalized spacial score (nSPS) is 11.0. The van der Waals surface area contributed by atoms with Gasteiger partial charge in [-0.15, -0.1) is 0 Å². The Morgan fingerprint density at radius 2 is 2.19 bits per heavy atom. The van der Waals surface area contributed by atoms with E-state index in [1.165, 1.54) is 11.1 Å². The molecule has 2 heterocycles. The van der Waals surface area contributed by atoms with Crippen molar-refractivity contribution in [2.45, 2.75) is 19.5 Å². The van der Waals surface area contributed by atoms with Crippen LogP contribution in [0.2, 0.25) is 0 Å². The Bertz CT molecular complexity index is 725. The molecule has 0 radical (unpaired) electrons. The highest BCUT2D eigenvalue weighted by molar-refractivity contribution is 5.74. The molecule has 21 heavy (non-hydrogen) atoms. The van der Waals surface area contributed by atoms with E-state index in [0.717, 1.165) is 31.6 Å². The lowest BCUT2D eigenvalue weighted by Crippen LogP contribution is -2.16. The predicted octanol–water partition coefficient (Wildman–Crippen LogP) is 2.51. The molecule has 0 amide bonds. The van der Waals surface area contributed by atoms with Gasteiger partial charge in [-0.3, -0.25) is 0 Å². The number of imidazole rings is 1. The van der Waals surface area contributed by atoms with Gasteiger partial charge in [0.15, 0.2) is 0 Å². The molecule has 2 aromatic heterocycles. The second kappa shape index (κ2) is 6.37. The van der Waals surface area contributed by atoms with Gasteiger partial charge in [-0.2, -0.15) is 5.10 Å². The molecule has 0 bridgehead atoms. The highest BCUT2D eigenvalue weighted by Gasteiger charge is 2.01. The lowest BCUT2D eigenvalue weighted by atomic mass is 10.3. The number of para-hydroxylation sites is 2. The molecular formula is C16H19N5. The fourth-order valence-electron chi connectivity index (χ4n) is 2.36. The maximum absolute atomic E-state index is 4.40. The summed E-state index contributed by atoms with van der Waals surface area (Å²) < 4.78 is 3.92.